The summed E-state index contributed by atoms with van der Waals surface area (Å²) < 4.78 is 5.68. The maximum atomic E-state index is 9.10. The van der Waals surface area contributed by atoms with Gasteiger partial charge in [-0.25, -0.2) is 0 Å². The van der Waals surface area contributed by atoms with Crippen molar-refractivity contribution in [1.29, 1.82) is 0 Å². The van der Waals surface area contributed by atoms with E-state index in [1.807, 2.05) is 24.3 Å². The largest absolute Gasteiger partial charge is 0.456 e. The van der Waals surface area contributed by atoms with Crippen LogP contribution < -0.4 is 5.46 Å². The average Bonchev–Trinajstić information content (AvgIpc) is 2.65. The predicted octanol–water partition coefficient (Wildman–Crippen LogP) is 2.48. The van der Waals surface area contributed by atoms with Crippen molar-refractivity contribution in [2.45, 2.75) is 0 Å². The minimum Gasteiger partial charge on any atom is -0.456 e. The second-order valence-corrected chi connectivity index (χ2v) is 4.03. The Bertz CT molecular complexity index is 675. The van der Waals surface area contributed by atoms with Gasteiger partial charge in [-0.05, 0) is 17.6 Å². The SMILES string of the molecule is O[B]c1cccc2c1oc1cc(Cl)ccc12. The average molecular weight is 229 g/mol. The molecule has 3 rings (SSSR count). The van der Waals surface area contributed by atoms with E-state index in [9.17, 15) is 0 Å². The molecule has 0 aliphatic carbocycles. The molecule has 0 aliphatic rings. The van der Waals surface area contributed by atoms with Crippen LogP contribution >= 0.6 is 11.6 Å². The quantitative estimate of drug-likeness (QED) is 0.650. The van der Waals surface area contributed by atoms with Gasteiger partial charge in [0.15, 0.2) is 0 Å². The minimum atomic E-state index is 0.640. The van der Waals surface area contributed by atoms with E-state index in [0.29, 0.717) is 16.1 Å². The van der Waals surface area contributed by atoms with Crippen molar-refractivity contribution in [3.63, 3.8) is 0 Å². The molecule has 1 radical (unpaired) electrons. The molecule has 0 unspecified atom stereocenters. The van der Waals surface area contributed by atoms with Crippen molar-refractivity contribution in [2.24, 2.45) is 0 Å². The van der Waals surface area contributed by atoms with Gasteiger partial charge in [-0.1, -0.05) is 29.8 Å². The van der Waals surface area contributed by atoms with Crippen molar-refractivity contribution < 1.29 is 9.44 Å². The molecular weight excluding hydrogens is 222 g/mol. The molecule has 4 heteroatoms. The monoisotopic (exact) mass is 229 g/mol. The number of rotatable bonds is 1. The Kier molecular flexibility index (Phi) is 2.16. The van der Waals surface area contributed by atoms with Crippen molar-refractivity contribution in [2.75, 3.05) is 0 Å². The molecule has 0 aliphatic heterocycles. The fourth-order valence-corrected chi connectivity index (χ4v) is 2.06. The molecule has 1 N–H and O–H groups in total. The first-order valence-electron chi connectivity index (χ1n) is 4.88. The summed E-state index contributed by atoms with van der Waals surface area (Å²) in [6, 6.07) is 11.2. The van der Waals surface area contributed by atoms with Crippen molar-refractivity contribution in [3.05, 3.63) is 41.4 Å². The number of benzene rings is 2. The maximum Gasteiger partial charge on any atom is 0.330 e. The first-order valence-corrected chi connectivity index (χ1v) is 5.25. The molecule has 3 aromatic rings. The van der Waals surface area contributed by atoms with E-state index in [-0.39, 0.29) is 0 Å². The van der Waals surface area contributed by atoms with Crippen LogP contribution in [0.5, 0.6) is 0 Å². The fraction of sp³-hybridized carbons (Fsp3) is 0. The molecule has 2 aromatic carbocycles. The summed E-state index contributed by atoms with van der Waals surface area (Å²) in [6.07, 6.45) is 0. The maximum absolute atomic E-state index is 9.10. The first kappa shape index (κ1) is 9.76. The minimum absolute atomic E-state index is 0.640. The van der Waals surface area contributed by atoms with Crippen LogP contribution in [0.25, 0.3) is 21.9 Å². The fourth-order valence-electron chi connectivity index (χ4n) is 1.90. The third-order valence-corrected chi connectivity index (χ3v) is 2.87. The second kappa shape index (κ2) is 3.54. The Hall–Kier alpha value is -1.45. The van der Waals surface area contributed by atoms with Crippen molar-refractivity contribution in [3.8, 4) is 0 Å². The molecule has 0 saturated heterocycles. The molecule has 2 nitrogen and oxygen atoms in total. The van der Waals surface area contributed by atoms with Crippen LogP contribution in [-0.2, 0) is 0 Å². The lowest BCUT2D eigenvalue weighted by Crippen LogP contribution is -2.12. The summed E-state index contributed by atoms with van der Waals surface area (Å²) in [4.78, 5) is 0. The van der Waals surface area contributed by atoms with Gasteiger partial charge in [0.1, 0.15) is 11.2 Å². The molecule has 0 spiro atoms. The molecule has 1 heterocycles. The van der Waals surface area contributed by atoms with Gasteiger partial charge in [-0.2, -0.15) is 0 Å². The van der Waals surface area contributed by atoms with Crippen LogP contribution in [0.1, 0.15) is 0 Å². The summed E-state index contributed by atoms with van der Waals surface area (Å²) in [5.74, 6) is 0. The van der Waals surface area contributed by atoms with Crippen LogP contribution in [0.2, 0.25) is 5.02 Å². The molecule has 77 valence electrons. The molecule has 0 fully saturated rings. The highest BCUT2D eigenvalue weighted by molar-refractivity contribution is 6.50. The third-order valence-electron chi connectivity index (χ3n) is 2.63. The number of halogens is 1. The van der Waals surface area contributed by atoms with E-state index in [4.69, 9.17) is 21.0 Å². The van der Waals surface area contributed by atoms with Gasteiger partial charge in [-0.15, -0.1) is 0 Å². The van der Waals surface area contributed by atoms with Crippen LogP contribution in [-0.4, -0.2) is 12.5 Å². The highest BCUT2D eigenvalue weighted by Gasteiger charge is 2.10. The molecule has 1 aromatic heterocycles. The summed E-state index contributed by atoms with van der Waals surface area (Å²) in [7, 11) is 1.05. The van der Waals surface area contributed by atoms with Gasteiger partial charge in [0, 0.05) is 21.9 Å². The van der Waals surface area contributed by atoms with Gasteiger partial charge in [0.05, 0.1) is 0 Å². The van der Waals surface area contributed by atoms with Gasteiger partial charge >= 0.3 is 7.48 Å². The highest BCUT2D eigenvalue weighted by Crippen LogP contribution is 2.29. The normalized spacial score (nSPS) is 11.1. The Morgan fingerprint density at radius 3 is 2.81 bits per heavy atom. The summed E-state index contributed by atoms with van der Waals surface area (Å²) in [5, 5.41) is 11.7. The first-order chi connectivity index (χ1) is 7.79. The summed E-state index contributed by atoms with van der Waals surface area (Å²) >= 11 is 5.90. The molecular formula is C12H7BClO2. The standard InChI is InChI=1S/C12H7BClO2/c14-7-4-5-8-9-2-1-3-10(13-15)12(9)16-11(8)6-7/h1-6,15H. The van der Waals surface area contributed by atoms with E-state index in [1.54, 1.807) is 12.1 Å². The summed E-state index contributed by atoms with van der Waals surface area (Å²) in [6.45, 7) is 0. The molecule has 0 atom stereocenters. The lowest BCUT2D eigenvalue weighted by Gasteiger charge is -1.94. The lowest BCUT2D eigenvalue weighted by molar-refractivity contribution is 0.613. The zero-order valence-electron chi connectivity index (χ0n) is 8.27. The summed E-state index contributed by atoms with van der Waals surface area (Å²) in [5.41, 5.74) is 2.09. The topological polar surface area (TPSA) is 33.4 Å². The second-order valence-electron chi connectivity index (χ2n) is 3.60. The zero-order chi connectivity index (χ0) is 11.1. The molecule has 0 amide bonds. The molecule has 0 saturated carbocycles. The Labute approximate surface area is 97.7 Å². The van der Waals surface area contributed by atoms with Crippen molar-refractivity contribution >= 4 is 46.5 Å². The van der Waals surface area contributed by atoms with E-state index in [0.717, 1.165) is 23.8 Å². The predicted molar refractivity (Wildman–Crippen MR) is 66.3 cm³/mol. The van der Waals surface area contributed by atoms with E-state index < -0.39 is 0 Å². The van der Waals surface area contributed by atoms with Crippen LogP contribution in [0.3, 0.4) is 0 Å². The van der Waals surface area contributed by atoms with Crippen LogP contribution in [0.4, 0.5) is 0 Å². The number of para-hydroxylation sites is 1. The van der Waals surface area contributed by atoms with E-state index in [2.05, 4.69) is 0 Å². The Morgan fingerprint density at radius 2 is 2.00 bits per heavy atom. The van der Waals surface area contributed by atoms with Gasteiger partial charge in [-0.3, -0.25) is 0 Å². The third kappa shape index (κ3) is 1.33. The van der Waals surface area contributed by atoms with Crippen LogP contribution in [0.15, 0.2) is 40.8 Å². The van der Waals surface area contributed by atoms with Gasteiger partial charge in [0.2, 0.25) is 0 Å². The molecule has 16 heavy (non-hydrogen) atoms. The lowest BCUT2D eigenvalue weighted by atomic mass is 9.87. The highest BCUT2D eigenvalue weighted by atomic mass is 35.5. The van der Waals surface area contributed by atoms with Gasteiger partial charge < -0.3 is 9.44 Å². The van der Waals surface area contributed by atoms with E-state index in [1.165, 1.54) is 0 Å². The zero-order valence-corrected chi connectivity index (χ0v) is 9.03. The molecule has 0 bridgehead atoms. The Balaban J connectivity index is 2.49. The number of fused-ring (bicyclic) bond motifs is 3. The smallest absolute Gasteiger partial charge is 0.330 e. The van der Waals surface area contributed by atoms with E-state index >= 15 is 0 Å². The number of hydrogen-bond acceptors (Lipinski definition) is 2. The Morgan fingerprint density at radius 1 is 1.12 bits per heavy atom. The van der Waals surface area contributed by atoms with Crippen LogP contribution in [0, 0.1) is 0 Å². The van der Waals surface area contributed by atoms with Crippen molar-refractivity contribution in [1.82, 2.24) is 0 Å². The van der Waals surface area contributed by atoms with Gasteiger partial charge in [0.25, 0.3) is 0 Å². The number of hydrogen-bond donors (Lipinski definition) is 1. The number of furan rings is 1.